The topological polar surface area (TPSA) is 57.6 Å². The van der Waals surface area contributed by atoms with Crippen LogP contribution in [0.2, 0.25) is 0 Å². The Bertz CT molecular complexity index is 586. The van der Waals surface area contributed by atoms with Crippen molar-refractivity contribution < 1.29 is 14.7 Å². The van der Waals surface area contributed by atoms with Crippen LogP contribution in [0.25, 0.3) is 0 Å². The van der Waals surface area contributed by atoms with Crippen LogP contribution in [0.3, 0.4) is 0 Å². The number of carbonyl (C=O) groups is 2. The molecule has 4 nitrogen and oxygen atoms in total. The summed E-state index contributed by atoms with van der Waals surface area (Å²) in [7, 11) is 0. The Morgan fingerprint density at radius 3 is 2.71 bits per heavy atom. The minimum Gasteiger partial charge on any atom is -0.480 e. The number of carboxylic acid groups (broad SMARTS) is 1. The summed E-state index contributed by atoms with van der Waals surface area (Å²) in [6.07, 6.45) is 6.04. The first-order valence-electron chi connectivity index (χ1n) is 9.17. The highest BCUT2D eigenvalue weighted by molar-refractivity contribution is 5.84. The molecule has 4 heteroatoms. The lowest BCUT2D eigenvalue weighted by Crippen LogP contribution is -2.44. The molecule has 3 rings (SSSR count). The molecule has 1 heterocycles. The molecule has 4 atom stereocenters. The van der Waals surface area contributed by atoms with E-state index < -0.39 is 12.0 Å². The molecule has 2 fully saturated rings. The van der Waals surface area contributed by atoms with E-state index in [-0.39, 0.29) is 11.9 Å². The van der Waals surface area contributed by atoms with Gasteiger partial charge < -0.3 is 10.0 Å². The third-order valence-corrected chi connectivity index (χ3v) is 5.81. The molecule has 1 saturated carbocycles. The zero-order valence-electron chi connectivity index (χ0n) is 14.4. The van der Waals surface area contributed by atoms with Crippen molar-refractivity contribution in [2.45, 2.75) is 69.9 Å². The van der Waals surface area contributed by atoms with E-state index in [1.54, 1.807) is 4.90 Å². The Morgan fingerprint density at radius 2 is 2.00 bits per heavy atom. The van der Waals surface area contributed by atoms with E-state index in [0.29, 0.717) is 24.7 Å². The summed E-state index contributed by atoms with van der Waals surface area (Å²) < 4.78 is 0. The monoisotopic (exact) mass is 329 g/mol. The normalized spacial score (nSPS) is 27.0. The summed E-state index contributed by atoms with van der Waals surface area (Å²) in [4.78, 5) is 25.9. The molecule has 0 bridgehead atoms. The van der Waals surface area contributed by atoms with Crippen LogP contribution in [-0.2, 0) is 9.59 Å². The van der Waals surface area contributed by atoms with Crippen LogP contribution in [0.4, 0.5) is 0 Å². The van der Waals surface area contributed by atoms with Gasteiger partial charge in [-0.25, -0.2) is 4.79 Å². The minimum absolute atomic E-state index is 0.0389. The van der Waals surface area contributed by atoms with Crippen molar-refractivity contribution in [3.63, 3.8) is 0 Å². The number of hydrogen-bond donors (Lipinski definition) is 1. The number of carboxylic acids is 1. The highest BCUT2D eigenvalue weighted by Gasteiger charge is 2.48. The van der Waals surface area contributed by atoms with Crippen LogP contribution in [-0.4, -0.2) is 34.0 Å². The summed E-state index contributed by atoms with van der Waals surface area (Å²) in [5, 5.41) is 9.46. The fraction of sp³-hybridized carbons (Fsp3) is 0.600. The summed E-state index contributed by atoms with van der Waals surface area (Å²) in [5.41, 5.74) is 1.30. The largest absolute Gasteiger partial charge is 0.480 e. The second-order valence-electron chi connectivity index (χ2n) is 7.35. The molecule has 1 amide bonds. The summed E-state index contributed by atoms with van der Waals surface area (Å²) in [6, 6.07) is 9.91. The maximum atomic E-state index is 12.7. The summed E-state index contributed by atoms with van der Waals surface area (Å²) in [5.74, 6) is 0.0258. The smallest absolute Gasteiger partial charge is 0.326 e. The Morgan fingerprint density at radius 1 is 1.25 bits per heavy atom. The van der Waals surface area contributed by atoms with Crippen LogP contribution < -0.4 is 0 Å². The molecule has 1 unspecified atom stereocenters. The molecular weight excluding hydrogens is 302 g/mol. The molecule has 130 valence electrons. The molecule has 1 N–H and O–H groups in total. The number of rotatable bonds is 6. The van der Waals surface area contributed by atoms with Gasteiger partial charge in [-0.2, -0.15) is 0 Å². The van der Waals surface area contributed by atoms with Crippen LogP contribution in [0.5, 0.6) is 0 Å². The maximum absolute atomic E-state index is 12.7. The molecule has 0 radical (unpaired) electrons. The third-order valence-electron chi connectivity index (χ3n) is 5.81. The third kappa shape index (κ3) is 3.47. The lowest BCUT2D eigenvalue weighted by Gasteiger charge is -2.28. The fourth-order valence-corrected chi connectivity index (χ4v) is 4.51. The number of carbonyl (C=O) groups excluding carboxylic acids is 1. The molecule has 2 aliphatic rings. The van der Waals surface area contributed by atoms with Crippen molar-refractivity contribution in [1.82, 2.24) is 4.90 Å². The first kappa shape index (κ1) is 17.0. The average molecular weight is 329 g/mol. The van der Waals surface area contributed by atoms with Crippen molar-refractivity contribution in [2.24, 2.45) is 5.92 Å². The molecule has 1 saturated heterocycles. The van der Waals surface area contributed by atoms with Crippen molar-refractivity contribution in [3.05, 3.63) is 35.9 Å². The zero-order valence-corrected chi connectivity index (χ0v) is 14.4. The van der Waals surface area contributed by atoms with Crippen LogP contribution in [0.15, 0.2) is 30.3 Å². The van der Waals surface area contributed by atoms with Crippen LogP contribution in [0, 0.1) is 5.92 Å². The Kier molecular flexibility index (Phi) is 5.22. The van der Waals surface area contributed by atoms with E-state index >= 15 is 0 Å². The number of hydrogen-bond acceptors (Lipinski definition) is 2. The number of aliphatic carboxylic acids is 1. The average Bonchev–Trinajstić information content (AvgIpc) is 3.16. The first-order valence-corrected chi connectivity index (χ1v) is 9.17. The lowest BCUT2D eigenvalue weighted by atomic mass is 9.95. The Hall–Kier alpha value is -1.84. The number of nitrogens with zero attached hydrogens (tertiary/aromatic N) is 1. The molecule has 1 aliphatic carbocycles. The van der Waals surface area contributed by atoms with Gasteiger partial charge in [0, 0.05) is 12.5 Å². The number of fused-ring (bicyclic) bond motifs is 1. The predicted molar refractivity (Wildman–Crippen MR) is 92.7 cm³/mol. The van der Waals surface area contributed by atoms with Gasteiger partial charge in [-0.15, -0.1) is 0 Å². The van der Waals surface area contributed by atoms with Crippen molar-refractivity contribution in [2.75, 3.05) is 0 Å². The Balaban J connectivity index is 1.55. The van der Waals surface area contributed by atoms with Crippen molar-refractivity contribution in [3.8, 4) is 0 Å². The second-order valence-corrected chi connectivity index (χ2v) is 7.35. The fourth-order valence-electron chi connectivity index (χ4n) is 4.51. The van der Waals surface area contributed by atoms with E-state index in [2.05, 4.69) is 19.1 Å². The van der Waals surface area contributed by atoms with Crippen molar-refractivity contribution >= 4 is 11.9 Å². The minimum atomic E-state index is -0.838. The van der Waals surface area contributed by atoms with Gasteiger partial charge in [0.15, 0.2) is 0 Å². The molecule has 1 aliphatic heterocycles. The van der Waals surface area contributed by atoms with Crippen LogP contribution in [0.1, 0.15) is 63.4 Å². The van der Waals surface area contributed by atoms with E-state index in [1.165, 1.54) is 5.56 Å². The maximum Gasteiger partial charge on any atom is 0.326 e. The van der Waals surface area contributed by atoms with Crippen molar-refractivity contribution in [1.29, 1.82) is 0 Å². The van der Waals surface area contributed by atoms with E-state index in [1.807, 2.05) is 18.2 Å². The van der Waals surface area contributed by atoms with Gasteiger partial charge in [0.1, 0.15) is 6.04 Å². The lowest BCUT2D eigenvalue weighted by molar-refractivity contribution is -0.149. The highest BCUT2D eigenvalue weighted by Crippen LogP contribution is 2.41. The molecule has 24 heavy (non-hydrogen) atoms. The van der Waals surface area contributed by atoms with Gasteiger partial charge in [-0.3, -0.25) is 4.79 Å². The predicted octanol–water partition coefficient (Wildman–Crippen LogP) is 3.81. The summed E-state index contributed by atoms with van der Waals surface area (Å²) in [6.45, 7) is 2.18. The van der Waals surface area contributed by atoms with E-state index in [9.17, 15) is 14.7 Å². The molecule has 1 aromatic rings. The van der Waals surface area contributed by atoms with Crippen LogP contribution >= 0.6 is 0 Å². The summed E-state index contributed by atoms with van der Waals surface area (Å²) >= 11 is 0. The van der Waals surface area contributed by atoms with Gasteiger partial charge in [-0.1, -0.05) is 43.7 Å². The molecular formula is C20H27NO3. The Labute approximate surface area is 143 Å². The molecule has 0 spiro atoms. The van der Waals surface area contributed by atoms with Gasteiger partial charge in [0.05, 0.1) is 0 Å². The standard InChI is InChI=1S/C20H27NO3/c1-14(15-8-3-2-4-9-15)7-5-12-19(22)21-17-11-6-10-16(17)13-18(21)20(23)24/h2-4,8-9,14,16-18H,5-7,10-13H2,1H3,(H,23,24)/t14?,16-,17-,18-/m0/s1. The molecule has 1 aromatic carbocycles. The van der Waals surface area contributed by atoms with Gasteiger partial charge in [0.2, 0.25) is 5.91 Å². The number of amides is 1. The SMILES string of the molecule is CC(CCCC(=O)N1[C@H](C(=O)O)C[C@@H]2CCC[C@@H]21)c1ccccc1. The van der Waals surface area contributed by atoms with E-state index in [0.717, 1.165) is 32.1 Å². The molecule has 0 aromatic heterocycles. The number of likely N-dealkylation sites (tertiary alicyclic amines) is 1. The highest BCUT2D eigenvalue weighted by atomic mass is 16.4. The first-order chi connectivity index (χ1) is 11.6. The zero-order chi connectivity index (χ0) is 17.1. The number of benzene rings is 1. The van der Waals surface area contributed by atoms with Gasteiger partial charge >= 0.3 is 5.97 Å². The van der Waals surface area contributed by atoms with E-state index in [4.69, 9.17) is 0 Å². The van der Waals surface area contributed by atoms with Gasteiger partial charge in [-0.05, 0) is 49.5 Å². The second kappa shape index (κ2) is 7.37. The quantitative estimate of drug-likeness (QED) is 0.863. The van der Waals surface area contributed by atoms with Gasteiger partial charge in [0.25, 0.3) is 0 Å².